The number of hydrogen-bond acceptors (Lipinski definition) is 4. The van der Waals surface area contributed by atoms with Crippen molar-refractivity contribution in [3.05, 3.63) is 18.2 Å². The summed E-state index contributed by atoms with van der Waals surface area (Å²) in [7, 11) is 3.31. The van der Waals surface area contributed by atoms with Crippen LogP contribution in [0.5, 0.6) is 5.75 Å². The Labute approximate surface area is 110 Å². The van der Waals surface area contributed by atoms with Crippen molar-refractivity contribution >= 4 is 23.2 Å². The summed E-state index contributed by atoms with van der Waals surface area (Å²) < 4.78 is 5.20. The molecule has 1 saturated heterocycles. The van der Waals surface area contributed by atoms with Gasteiger partial charge in [-0.2, -0.15) is 0 Å². The van der Waals surface area contributed by atoms with Gasteiger partial charge >= 0.3 is 0 Å². The summed E-state index contributed by atoms with van der Waals surface area (Å²) >= 11 is 0. The maximum Gasteiger partial charge on any atom is 0.251 e. The second-order valence-electron chi connectivity index (χ2n) is 4.66. The third kappa shape index (κ3) is 1.67. The number of benzene rings is 1. The molecule has 1 aromatic rings. The fourth-order valence-corrected chi connectivity index (χ4v) is 2.62. The molecule has 6 nitrogen and oxygen atoms in total. The van der Waals surface area contributed by atoms with E-state index in [2.05, 4.69) is 5.32 Å². The molecule has 2 aliphatic rings. The van der Waals surface area contributed by atoms with Crippen molar-refractivity contribution in [2.75, 3.05) is 37.0 Å². The van der Waals surface area contributed by atoms with Crippen molar-refractivity contribution in [1.29, 1.82) is 0 Å². The van der Waals surface area contributed by atoms with Gasteiger partial charge in [-0.3, -0.25) is 14.5 Å². The van der Waals surface area contributed by atoms with Crippen LogP contribution in [-0.4, -0.2) is 45.1 Å². The largest absolute Gasteiger partial charge is 0.497 e. The van der Waals surface area contributed by atoms with Crippen LogP contribution in [0.2, 0.25) is 0 Å². The lowest BCUT2D eigenvalue weighted by Gasteiger charge is -2.42. The number of rotatable bonds is 1. The molecule has 0 bridgehead atoms. The maximum atomic E-state index is 12.3. The number of fused-ring (bicyclic) bond motifs is 3. The van der Waals surface area contributed by atoms with Gasteiger partial charge in [0, 0.05) is 19.7 Å². The lowest BCUT2D eigenvalue weighted by Crippen LogP contribution is -2.63. The van der Waals surface area contributed by atoms with Crippen LogP contribution in [0, 0.1) is 0 Å². The summed E-state index contributed by atoms with van der Waals surface area (Å²) in [6.45, 7) is 0.732. The third-order valence-corrected chi connectivity index (χ3v) is 3.61. The molecule has 19 heavy (non-hydrogen) atoms. The van der Waals surface area contributed by atoms with Crippen molar-refractivity contribution in [3.8, 4) is 5.75 Å². The molecule has 2 heterocycles. The van der Waals surface area contributed by atoms with E-state index in [9.17, 15) is 9.59 Å². The summed E-state index contributed by atoms with van der Waals surface area (Å²) in [5.41, 5.74) is 1.47. The van der Waals surface area contributed by atoms with Gasteiger partial charge in [-0.15, -0.1) is 0 Å². The van der Waals surface area contributed by atoms with Gasteiger partial charge in [0.2, 0.25) is 5.91 Å². The predicted octanol–water partition coefficient (Wildman–Crippen LogP) is -0.0236. The number of amides is 2. The number of hydrogen-bond donors (Lipinski definition) is 1. The van der Waals surface area contributed by atoms with Gasteiger partial charge in [-0.1, -0.05) is 0 Å². The molecule has 6 heteroatoms. The monoisotopic (exact) mass is 261 g/mol. The topological polar surface area (TPSA) is 61.9 Å². The van der Waals surface area contributed by atoms with Crippen LogP contribution in [0.4, 0.5) is 11.4 Å². The van der Waals surface area contributed by atoms with Gasteiger partial charge < -0.3 is 15.0 Å². The Kier molecular flexibility index (Phi) is 2.67. The SMILES string of the molecule is COc1ccc2c(c1)N1C(=O)CNCC1C(=O)N2C. The molecule has 0 saturated carbocycles. The molecule has 1 N–H and O–H groups in total. The van der Waals surface area contributed by atoms with Crippen LogP contribution in [0.3, 0.4) is 0 Å². The Balaban J connectivity index is 2.16. The van der Waals surface area contributed by atoms with Gasteiger partial charge in [0.1, 0.15) is 11.8 Å². The highest BCUT2D eigenvalue weighted by Gasteiger charge is 2.41. The number of anilines is 2. The third-order valence-electron chi connectivity index (χ3n) is 3.61. The second-order valence-corrected chi connectivity index (χ2v) is 4.66. The van der Waals surface area contributed by atoms with E-state index in [1.165, 1.54) is 0 Å². The Bertz CT molecular complexity index is 558. The van der Waals surface area contributed by atoms with Crippen molar-refractivity contribution in [3.63, 3.8) is 0 Å². The molecular weight excluding hydrogens is 246 g/mol. The fourth-order valence-electron chi connectivity index (χ4n) is 2.62. The molecular formula is C13H15N3O3. The van der Waals surface area contributed by atoms with Crippen molar-refractivity contribution < 1.29 is 14.3 Å². The molecule has 0 spiro atoms. The molecule has 1 atom stereocenters. The fraction of sp³-hybridized carbons (Fsp3) is 0.385. The van der Waals surface area contributed by atoms with Gasteiger partial charge in [-0.25, -0.2) is 0 Å². The molecule has 1 unspecified atom stereocenters. The van der Waals surface area contributed by atoms with Crippen LogP contribution in [0.1, 0.15) is 0 Å². The normalized spacial score (nSPS) is 22.1. The van der Waals surface area contributed by atoms with Crippen molar-refractivity contribution in [2.24, 2.45) is 0 Å². The Morgan fingerprint density at radius 3 is 2.84 bits per heavy atom. The molecule has 1 fully saturated rings. The van der Waals surface area contributed by atoms with Crippen LogP contribution < -0.4 is 19.9 Å². The van der Waals surface area contributed by atoms with Gasteiger partial charge in [0.25, 0.3) is 5.91 Å². The predicted molar refractivity (Wildman–Crippen MR) is 70.5 cm³/mol. The first kappa shape index (κ1) is 12.0. The number of methoxy groups -OCH3 is 1. The Morgan fingerprint density at radius 2 is 2.11 bits per heavy atom. The minimum Gasteiger partial charge on any atom is -0.497 e. The molecule has 100 valence electrons. The number of carbonyl (C=O) groups excluding carboxylic acids is 2. The average Bonchev–Trinajstić information content (AvgIpc) is 2.44. The van der Waals surface area contributed by atoms with Crippen molar-refractivity contribution in [1.82, 2.24) is 5.32 Å². The van der Waals surface area contributed by atoms with E-state index >= 15 is 0 Å². The summed E-state index contributed by atoms with van der Waals surface area (Å²) in [4.78, 5) is 27.6. The highest BCUT2D eigenvalue weighted by molar-refractivity contribution is 6.14. The number of nitrogens with zero attached hydrogens (tertiary/aromatic N) is 2. The smallest absolute Gasteiger partial charge is 0.251 e. The minimum absolute atomic E-state index is 0.0711. The van der Waals surface area contributed by atoms with E-state index in [4.69, 9.17) is 4.74 Å². The quantitative estimate of drug-likeness (QED) is 0.771. The lowest BCUT2D eigenvalue weighted by atomic mass is 10.0. The number of likely N-dealkylation sites (N-methyl/N-ethyl adjacent to an activating group) is 1. The Morgan fingerprint density at radius 1 is 1.32 bits per heavy atom. The number of nitrogens with one attached hydrogen (secondary N) is 1. The van der Waals surface area contributed by atoms with Gasteiger partial charge in [-0.05, 0) is 12.1 Å². The lowest BCUT2D eigenvalue weighted by molar-refractivity contribution is -0.126. The molecule has 2 aliphatic heterocycles. The number of ether oxygens (including phenoxy) is 1. The highest BCUT2D eigenvalue weighted by atomic mass is 16.5. The molecule has 3 rings (SSSR count). The molecule has 0 aromatic heterocycles. The first-order valence-corrected chi connectivity index (χ1v) is 6.12. The van der Waals surface area contributed by atoms with Gasteiger partial charge in [0.05, 0.1) is 25.0 Å². The molecule has 0 radical (unpaired) electrons. The Hall–Kier alpha value is -2.08. The summed E-state index contributed by atoms with van der Waals surface area (Å²) in [5.74, 6) is 0.511. The summed E-state index contributed by atoms with van der Waals surface area (Å²) in [6, 6.07) is 4.92. The second kappa shape index (κ2) is 4.24. The zero-order valence-corrected chi connectivity index (χ0v) is 10.8. The summed E-state index contributed by atoms with van der Waals surface area (Å²) in [6.07, 6.45) is 0. The zero-order valence-electron chi connectivity index (χ0n) is 10.8. The number of carbonyl (C=O) groups is 2. The first-order chi connectivity index (χ1) is 9.13. The van der Waals surface area contributed by atoms with Gasteiger partial charge in [0.15, 0.2) is 0 Å². The van der Waals surface area contributed by atoms with Crippen LogP contribution in [0.15, 0.2) is 18.2 Å². The van der Waals surface area contributed by atoms with E-state index in [1.807, 2.05) is 0 Å². The van der Waals surface area contributed by atoms with E-state index < -0.39 is 6.04 Å². The zero-order chi connectivity index (χ0) is 13.6. The van der Waals surface area contributed by atoms with Crippen LogP contribution >= 0.6 is 0 Å². The molecule has 1 aromatic carbocycles. The van der Waals surface area contributed by atoms with E-state index in [0.717, 1.165) is 11.4 Å². The number of piperazine rings is 1. The molecule has 0 aliphatic carbocycles. The average molecular weight is 261 g/mol. The van der Waals surface area contributed by atoms with Crippen LogP contribution in [0.25, 0.3) is 0 Å². The van der Waals surface area contributed by atoms with Crippen LogP contribution in [-0.2, 0) is 9.59 Å². The first-order valence-electron chi connectivity index (χ1n) is 6.12. The standard InChI is InChI=1S/C13H15N3O3/c1-15-9-4-3-8(19-2)5-10(9)16-11(13(15)18)6-14-7-12(16)17/h3-5,11,14H,6-7H2,1-2H3. The molecule has 2 amide bonds. The highest BCUT2D eigenvalue weighted by Crippen LogP contribution is 2.38. The van der Waals surface area contributed by atoms with E-state index in [-0.39, 0.29) is 18.4 Å². The van der Waals surface area contributed by atoms with E-state index in [0.29, 0.717) is 12.3 Å². The summed E-state index contributed by atoms with van der Waals surface area (Å²) in [5, 5.41) is 2.97. The maximum absolute atomic E-state index is 12.3. The van der Waals surface area contributed by atoms with Crippen molar-refractivity contribution in [2.45, 2.75) is 6.04 Å². The van der Waals surface area contributed by atoms with E-state index in [1.54, 1.807) is 42.2 Å². The minimum atomic E-state index is -0.467.